The molecule has 0 fully saturated rings. The quantitative estimate of drug-likeness (QED) is 0.747. The Morgan fingerprint density at radius 1 is 1.40 bits per heavy atom. The third kappa shape index (κ3) is 4.71. The van der Waals surface area contributed by atoms with Gasteiger partial charge in [-0.2, -0.15) is 0 Å². The highest BCUT2D eigenvalue weighted by Crippen LogP contribution is 2.23. The maximum absolute atomic E-state index is 12.0. The molecule has 0 saturated carbocycles. The minimum absolute atomic E-state index is 0.182. The number of benzene rings is 1. The average molecular weight is 302 g/mol. The average Bonchev–Trinajstić information content (AvgIpc) is 2.40. The molecule has 0 radical (unpaired) electrons. The van der Waals surface area contributed by atoms with E-state index in [2.05, 4.69) is 5.32 Å². The van der Waals surface area contributed by atoms with Crippen molar-refractivity contribution in [2.75, 3.05) is 20.3 Å². The molecule has 6 nitrogen and oxygen atoms in total. The first-order chi connectivity index (χ1) is 9.45. The summed E-state index contributed by atoms with van der Waals surface area (Å²) >= 11 is 5.84. The Balaban J connectivity index is 2.87. The number of carbonyl (C=O) groups is 2. The van der Waals surface area contributed by atoms with E-state index >= 15 is 0 Å². The lowest BCUT2D eigenvalue weighted by molar-refractivity contribution is -0.138. The van der Waals surface area contributed by atoms with E-state index in [9.17, 15) is 9.59 Å². The molecule has 0 aromatic heterocycles. The Bertz CT molecular complexity index is 492. The van der Waals surface area contributed by atoms with Crippen LogP contribution < -0.4 is 10.1 Å². The number of ether oxygens (including phenoxy) is 2. The number of halogens is 1. The summed E-state index contributed by atoms with van der Waals surface area (Å²) in [4.78, 5) is 22.8. The highest BCUT2D eigenvalue weighted by Gasteiger charge is 2.19. The van der Waals surface area contributed by atoms with Crippen LogP contribution in [0.3, 0.4) is 0 Å². The largest absolute Gasteiger partial charge is 0.490 e. The smallest absolute Gasteiger partial charge is 0.325 e. The molecule has 110 valence electrons. The fourth-order valence-electron chi connectivity index (χ4n) is 1.38. The number of hydrogen-bond acceptors (Lipinski definition) is 4. The molecule has 2 N–H and O–H groups in total. The molecule has 1 aromatic carbocycles. The maximum Gasteiger partial charge on any atom is 0.325 e. The number of nitrogens with one attached hydrogen (secondary N) is 1. The van der Waals surface area contributed by atoms with E-state index in [1.54, 1.807) is 12.1 Å². The molecule has 0 bridgehead atoms. The fraction of sp³-hybridized carbons (Fsp3) is 0.385. The van der Waals surface area contributed by atoms with Gasteiger partial charge in [0, 0.05) is 12.1 Å². The first-order valence-corrected chi connectivity index (χ1v) is 6.28. The van der Waals surface area contributed by atoms with E-state index in [-0.39, 0.29) is 12.2 Å². The summed E-state index contributed by atoms with van der Waals surface area (Å²) in [6, 6.07) is 3.56. The van der Waals surface area contributed by atoms with Gasteiger partial charge < -0.3 is 19.9 Å². The molecule has 20 heavy (non-hydrogen) atoms. The minimum atomic E-state index is -1.12. The fourth-order valence-corrected chi connectivity index (χ4v) is 1.55. The van der Waals surface area contributed by atoms with Crippen molar-refractivity contribution >= 4 is 23.5 Å². The van der Waals surface area contributed by atoms with Gasteiger partial charge in [-0.15, -0.1) is 0 Å². The molecule has 1 aromatic rings. The molecular formula is C13H16ClNO5. The number of carboxylic acid groups (broad SMARTS) is 1. The Hall–Kier alpha value is -1.79. The van der Waals surface area contributed by atoms with Crippen LogP contribution in [0.25, 0.3) is 0 Å². The van der Waals surface area contributed by atoms with E-state index in [1.807, 2.05) is 0 Å². The van der Waals surface area contributed by atoms with Gasteiger partial charge in [-0.05, 0) is 25.1 Å². The highest BCUT2D eigenvalue weighted by molar-refractivity contribution is 6.31. The third-order valence-corrected chi connectivity index (χ3v) is 2.68. The van der Waals surface area contributed by atoms with Gasteiger partial charge >= 0.3 is 5.97 Å². The number of rotatable bonds is 7. The lowest BCUT2D eigenvalue weighted by Crippen LogP contribution is -2.38. The van der Waals surface area contributed by atoms with Gasteiger partial charge in [0.15, 0.2) is 0 Å². The third-order valence-electron chi connectivity index (χ3n) is 2.45. The van der Waals surface area contributed by atoms with Crippen molar-refractivity contribution in [3.8, 4) is 5.75 Å². The summed E-state index contributed by atoms with van der Waals surface area (Å²) in [6.45, 7) is 2.01. The molecule has 1 rings (SSSR count). The van der Waals surface area contributed by atoms with Crippen LogP contribution >= 0.6 is 11.6 Å². The first kappa shape index (κ1) is 16.3. The van der Waals surface area contributed by atoms with Crippen LogP contribution in [0.5, 0.6) is 5.75 Å². The van der Waals surface area contributed by atoms with E-state index in [1.165, 1.54) is 20.1 Å². The Morgan fingerprint density at radius 3 is 2.70 bits per heavy atom. The van der Waals surface area contributed by atoms with E-state index in [4.69, 9.17) is 26.2 Å². The number of methoxy groups -OCH3 is 1. The molecular weight excluding hydrogens is 286 g/mol. The van der Waals surface area contributed by atoms with Gasteiger partial charge in [0.1, 0.15) is 18.4 Å². The molecule has 1 amide bonds. The van der Waals surface area contributed by atoms with Crippen molar-refractivity contribution in [2.45, 2.75) is 13.0 Å². The van der Waals surface area contributed by atoms with Crippen molar-refractivity contribution < 1.29 is 24.2 Å². The van der Waals surface area contributed by atoms with Crippen molar-refractivity contribution in [1.82, 2.24) is 5.32 Å². The monoisotopic (exact) mass is 301 g/mol. The second-order valence-electron chi connectivity index (χ2n) is 4.02. The number of aliphatic carboxylic acids is 1. The standard InChI is InChI=1S/C13H16ClNO5/c1-8(13(17)18)15-12(16)10-7-9(14)3-4-11(10)20-6-5-19-2/h3-4,7-8H,5-6H2,1-2H3,(H,15,16)(H,17,18)/t8-/m0/s1. The van der Waals surface area contributed by atoms with Crippen LogP contribution in [-0.4, -0.2) is 43.3 Å². The Morgan fingerprint density at radius 2 is 2.10 bits per heavy atom. The van der Waals surface area contributed by atoms with E-state index in [0.29, 0.717) is 17.4 Å². The van der Waals surface area contributed by atoms with Gasteiger partial charge in [-0.25, -0.2) is 0 Å². The number of amides is 1. The summed E-state index contributed by atoms with van der Waals surface area (Å²) in [6.07, 6.45) is 0. The summed E-state index contributed by atoms with van der Waals surface area (Å²) < 4.78 is 10.3. The Kier molecular flexibility index (Phi) is 6.27. The maximum atomic E-state index is 12.0. The number of carbonyl (C=O) groups excluding carboxylic acids is 1. The lowest BCUT2D eigenvalue weighted by atomic mass is 10.1. The van der Waals surface area contributed by atoms with Crippen LogP contribution in [0.15, 0.2) is 18.2 Å². The molecule has 0 unspecified atom stereocenters. The van der Waals surface area contributed by atoms with Crippen LogP contribution in [-0.2, 0) is 9.53 Å². The Labute approximate surface area is 121 Å². The van der Waals surface area contributed by atoms with Gasteiger partial charge in [-0.1, -0.05) is 11.6 Å². The zero-order valence-electron chi connectivity index (χ0n) is 11.2. The normalized spacial score (nSPS) is 11.8. The van der Waals surface area contributed by atoms with Crippen molar-refractivity contribution in [3.05, 3.63) is 28.8 Å². The summed E-state index contributed by atoms with van der Waals surface area (Å²) in [5.41, 5.74) is 0.182. The van der Waals surface area contributed by atoms with Crippen molar-refractivity contribution in [1.29, 1.82) is 0 Å². The minimum Gasteiger partial charge on any atom is -0.490 e. The van der Waals surface area contributed by atoms with Gasteiger partial charge in [0.2, 0.25) is 0 Å². The van der Waals surface area contributed by atoms with Crippen LogP contribution in [0.2, 0.25) is 5.02 Å². The molecule has 0 aliphatic heterocycles. The SMILES string of the molecule is COCCOc1ccc(Cl)cc1C(=O)N[C@@H](C)C(=O)O. The van der Waals surface area contributed by atoms with Gasteiger partial charge in [0.05, 0.1) is 12.2 Å². The van der Waals surface area contributed by atoms with E-state index in [0.717, 1.165) is 0 Å². The van der Waals surface area contributed by atoms with E-state index < -0.39 is 17.9 Å². The predicted octanol–water partition coefficient (Wildman–Crippen LogP) is 1.57. The molecule has 0 saturated heterocycles. The van der Waals surface area contributed by atoms with Gasteiger partial charge in [-0.3, -0.25) is 9.59 Å². The second kappa shape index (κ2) is 7.72. The first-order valence-electron chi connectivity index (χ1n) is 5.90. The van der Waals surface area contributed by atoms with Crippen molar-refractivity contribution in [3.63, 3.8) is 0 Å². The number of carboxylic acids is 1. The lowest BCUT2D eigenvalue weighted by Gasteiger charge is -2.13. The molecule has 0 heterocycles. The summed E-state index contributed by atoms with van der Waals surface area (Å²) in [7, 11) is 1.54. The van der Waals surface area contributed by atoms with Crippen molar-refractivity contribution in [2.24, 2.45) is 0 Å². The molecule has 0 aliphatic carbocycles. The number of hydrogen-bond donors (Lipinski definition) is 2. The van der Waals surface area contributed by atoms with Crippen LogP contribution in [0, 0.1) is 0 Å². The zero-order valence-corrected chi connectivity index (χ0v) is 11.9. The topological polar surface area (TPSA) is 84.9 Å². The molecule has 7 heteroatoms. The molecule has 1 atom stereocenters. The summed E-state index contributed by atoms with van der Waals surface area (Å²) in [5.74, 6) is -1.36. The zero-order chi connectivity index (χ0) is 15.1. The molecule has 0 aliphatic rings. The van der Waals surface area contributed by atoms with Crippen LogP contribution in [0.1, 0.15) is 17.3 Å². The summed E-state index contributed by atoms with van der Waals surface area (Å²) in [5, 5.41) is 11.5. The predicted molar refractivity (Wildman–Crippen MR) is 73.4 cm³/mol. The van der Waals surface area contributed by atoms with Gasteiger partial charge in [0.25, 0.3) is 5.91 Å². The molecule has 0 spiro atoms. The van der Waals surface area contributed by atoms with Crippen LogP contribution in [0.4, 0.5) is 0 Å². The second-order valence-corrected chi connectivity index (χ2v) is 4.45. The highest BCUT2D eigenvalue weighted by atomic mass is 35.5.